The molecule has 2 rings (SSSR count). The quantitative estimate of drug-likeness (QED) is 0.909. The molecule has 0 saturated carbocycles. The summed E-state index contributed by atoms with van der Waals surface area (Å²) in [5.74, 6) is 1.39. The normalized spacial score (nSPS) is 12.5. The molecular formula is C14H16FNO2. The zero-order valence-corrected chi connectivity index (χ0v) is 10.7. The molecule has 0 aliphatic rings. The summed E-state index contributed by atoms with van der Waals surface area (Å²) in [6.07, 6.45) is 0. The number of rotatable bonds is 3. The van der Waals surface area contributed by atoms with Crippen LogP contribution < -0.4 is 10.5 Å². The van der Waals surface area contributed by atoms with Gasteiger partial charge in [-0.3, -0.25) is 0 Å². The summed E-state index contributed by atoms with van der Waals surface area (Å²) in [4.78, 5) is 0. The maximum absolute atomic E-state index is 13.3. The lowest BCUT2D eigenvalue weighted by Crippen LogP contribution is -2.12. The second-order valence-corrected chi connectivity index (χ2v) is 4.24. The summed E-state index contributed by atoms with van der Waals surface area (Å²) in [6, 6.07) is 6.18. The molecule has 3 nitrogen and oxygen atoms in total. The van der Waals surface area contributed by atoms with Crippen LogP contribution in [0.4, 0.5) is 4.39 Å². The van der Waals surface area contributed by atoms with Crippen LogP contribution in [0.2, 0.25) is 0 Å². The Labute approximate surface area is 105 Å². The molecule has 1 atom stereocenters. The van der Waals surface area contributed by atoms with Crippen LogP contribution in [0.3, 0.4) is 0 Å². The molecule has 18 heavy (non-hydrogen) atoms. The van der Waals surface area contributed by atoms with E-state index in [1.54, 1.807) is 12.1 Å². The summed E-state index contributed by atoms with van der Waals surface area (Å²) in [5, 5.41) is 0. The Morgan fingerprint density at radius 1 is 1.28 bits per heavy atom. The van der Waals surface area contributed by atoms with Gasteiger partial charge in [-0.25, -0.2) is 4.39 Å². The number of aryl methyl sites for hydroxylation is 2. The van der Waals surface area contributed by atoms with E-state index in [2.05, 4.69) is 0 Å². The van der Waals surface area contributed by atoms with Crippen LogP contribution in [0.5, 0.6) is 5.75 Å². The lowest BCUT2D eigenvalue weighted by Gasteiger charge is -2.12. The molecule has 4 heteroatoms. The van der Waals surface area contributed by atoms with E-state index in [1.807, 2.05) is 19.9 Å². The Hall–Kier alpha value is -1.81. The fourth-order valence-electron chi connectivity index (χ4n) is 2.01. The van der Waals surface area contributed by atoms with Gasteiger partial charge in [-0.15, -0.1) is 0 Å². The first kappa shape index (κ1) is 12.6. The van der Waals surface area contributed by atoms with Crippen molar-refractivity contribution in [2.24, 2.45) is 5.73 Å². The Balaban J connectivity index is 2.39. The standard InChI is InChI=1S/C14H16FNO2/c1-8-6-11(9(2)18-8)14(16)10-4-5-12(15)13(7-10)17-3/h4-7,14H,16H2,1-3H3. The molecule has 0 aliphatic carbocycles. The van der Waals surface area contributed by atoms with Gasteiger partial charge in [0.1, 0.15) is 11.5 Å². The first-order valence-corrected chi connectivity index (χ1v) is 5.69. The Kier molecular flexibility index (Phi) is 3.39. The summed E-state index contributed by atoms with van der Waals surface area (Å²) in [5.41, 5.74) is 7.86. The smallest absolute Gasteiger partial charge is 0.165 e. The number of methoxy groups -OCH3 is 1. The monoisotopic (exact) mass is 249 g/mol. The average molecular weight is 249 g/mol. The molecule has 2 N–H and O–H groups in total. The first-order chi connectivity index (χ1) is 8.52. The minimum absolute atomic E-state index is 0.195. The first-order valence-electron chi connectivity index (χ1n) is 5.69. The van der Waals surface area contributed by atoms with Gasteiger partial charge in [0.15, 0.2) is 11.6 Å². The Morgan fingerprint density at radius 3 is 2.56 bits per heavy atom. The van der Waals surface area contributed by atoms with E-state index in [1.165, 1.54) is 13.2 Å². The van der Waals surface area contributed by atoms with Gasteiger partial charge >= 0.3 is 0 Å². The van der Waals surface area contributed by atoms with Crippen molar-refractivity contribution in [2.45, 2.75) is 19.9 Å². The van der Waals surface area contributed by atoms with Crippen molar-refractivity contribution in [1.29, 1.82) is 0 Å². The molecule has 0 bridgehead atoms. The molecule has 96 valence electrons. The summed E-state index contributed by atoms with van der Waals surface area (Å²) in [7, 11) is 1.43. The lowest BCUT2D eigenvalue weighted by molar-refractivity contribution is 0.385. The number of benzene rings is 1. The van der Waals surface area contributed by atoms with Crippen LogP contribution in [0.15, 0.2) is 28.7 Å². The molecule has 1 unspecified atom stereocenters. The van der Waals surface area contributed by atoms with Gasteiger partial charge in [-0.05, 0) is 37.6 Å². The number of hydrogen-bond donors (Lipinski definition) is 1. The lowest BCUT2D eigenvalue weighted by atomic mass is 9.99. The van der Waals surface area contributed by atoms with Crippen molar-refractivity contribution in [2.75, 3.05) is 7.11 Å². The predicted molar refractivity (Wildman–Crippen MR) is 67.2 cm³/mol. The number of hydrogen-bond acceptors (Lipinski definition) is 3. The fourth-order valence-corrected chi connectivity index (χ4v) is 2.01. The molecule has 0 amide bonds. The number of halogens is 1. The van der Waals surface area contributed by atoms with Gasteiger partial charge in [0.25, 0.3) is 0 Å². The third-order valence-corrected chi connectivity index (χ3v) is 2.95. The van der Waals surface area contributed by atoms with Gasteiger partial charge in [0.2, 0.25) is 0 Å². The largest absolute Gasteiger partial charge is 0.494 e. The van der Waals surface area contributed by atoms with Crippen LogP contribution in [-0.2, 0) is 0 Å². The van der Waals surface area contributed by atoms with Gasteiger partial charge in [0, 0.05) is 5.56 Å². The average Bonchev–Trinajstić information content (AvgIpc) is 2.68. The molecule has 1 aromatic carbocycles. The molecule has 0 fully saturated rings. The molecule has 0 spiro atoms. The second-order valence-electron chi connectivity index (χ2n) is 4.24. The van der Waals surface area contributed by atoms with E-state index in [4.69, 9.17) is 14.9 Å². The van der Waals surface area contributed by atoms with E-state index in [9.17, 15) is 4.39 Å². The van der Waals surface area contributed by atoms with Crippen molar-refractivity contribution in [3.63, 3.8) is 0 Å². The highest BCUT2D eigenvalue weighted by atomic mass is 19.1. The van der Waals surface area contributed by atoms with E-state index in [0.717, 1.165) is 22.6 Å². The predicted octanol–water partition coefficient (Wildman–Crippen LogP) is 3.09. The maximum Gasteiger partial charge on any atom is 0.165 e. The van der Waals surface area contributed by atoms with Gasteiger partial charge in [-0.1, -0.05) is 6.07 Å². The highest BCUT2D eigenvalue weighted by molar-refractivity contribution is 5.38. The maximum atomic E-state index is 13.3. The number of furan rings is 1. The SMILES string of the molecule is COc1cc(C(N)c2cc(C)oc2C)ccc1F. The summed E-state index contributed by atoms with van der Waals surface area (Å²) >= 11 is 0. The highest BCUT2D eigenvalue weighted by Crippen LogP contribution is 2.28. The zero-order valence-electron chi connectivity index (χ0n) is 10.7. The van der Waals surface area contributed by atoms with Gasteiger partial charge in [-0.2, -0.15) is 0 Å². The Morgan fingerprint density at radius 2 is 2.00 bits per heavy atom. The molecule has 1 aromatic heterocycles. The van der Waals surface area contributed by atoms with Crippen LogP contribution in [0, 0.1) is 19.7 Å². The molecular weight excluding hydrogens is 233 g/mol. The second kappa shape index (κ2) is 4.82. The summed E-state index contributed by atoms with van der Waals surface area (Å²) in [6.45, 7) is 3.73. The van der Waals surface area contributed by atoms with E-state index < -0.39 is 5.82 Å². The van der Waals surface area contributed by atoms with Crippen molar-refractivity contribution >= 4 is 0 Å². The minimum Gasteiger partial charge on any atom is -0.494 e. The van der Waals surface area contributed by atoms with E-state index in [-0.39, 0.29) is 11.8 Å². The fraction of sp³-hybridized carbons (Fsp3) is 0.286. The molecule has 2 aromatic rings. The minimum atomic E-state index is -0.395. The summed E-state index contributed by atoms with van der Waals surface area (Å²) < 4.78 is 23.7. The van der Waals surface area contributed by atoms with Crippen LogP contribution in [-0.4, -0.2) is 7.11 Å². The topological polar surface area (TPSA) is 48.4 Å². The third kappa shape index (κ3) is 2.24. The van der Waals surface area contributed by atoms with Gasteiger partial charge in [0.05, 0.1) is 13.2 Å². The molecule has 0 radical (unpaired) electrons. The van der Waals surface area contributed by atoms with Crippen molar-refractivity contribution in [3.05, 3.63) is 52.7 Å². The van der Waals surface area contributed by atoms with Crippen molar-refractivity contribution in [3.8, 4) is 5.75 Å². The van der Waals surface area contributed by atoms with Crippen LogP contribution >= 0.6 is 0 Å². The van der Waals surface area contributed by atoms with E-state index >= 15 is 0 Å². The number of nitrogens with two attached hydrogens (primary N) is 1. The van der Waals surface area contributed by atoms with Crippen LogP contribution in [0.25, 0.3) is 0 Å². The van der Waals surface area contributed by atoms with E-state index in [0.29, 0.717) is 0 Å². The number of ether oxygens (including phenoxy) is 1. The Bertz CT molecular complexity index is 563. The third-order valence-electron chi connectivity index (χ3n) is 2.95. The van der Waals surface area contributed by atoms with Crippen LogP contribution in [0.1, 0.15) is 28.7 Å². The zero-order chi connectivity index (χ0) is 13.3. The van der Waals surface area contributed by atoms with Crippen molar-refractivity contribution < 1.29 is 13.5 Å². The molecule has 1 heterocycles. The molecule has 0 saturated heterocycles. The van der Waals surface area contributed by atoms with Crippen molar-refractivity contribution in [1.82, 2.24) is 0 Å². The van der Waals surface area contributed by atoms with Gasteiger partial charge < -0.3 is 14.9 Å². The highest BCUT2D eigenvalue weighted by Gasteiger charge is 2.16. The molecule has 0 aliphatic heterocycles.